The minimum Gasteiger partial charge on any atom is -0.355 e. The molecule has 1 aliphatic heterocycles. The van der Waals surface area contributed by atoms with Gasteiger partial charge >= 0.3 is 0 Å². The molecule has 30 heavy (non-hydrogen) atoms. The topological polar surface area (TPSA) is 62.3 Å². The van der Waals surface area contributed by atoms with Crippen molar-refractivity contribution in [2.45, 2.75) is 13.5 Å². The zero-order chi connectivity index (χ0) is 21.3. The summed E-state index contributed by atoms with van der Waals surface area (Å²) in [5, 5.41) is 3.23. The third-order valence-corrected chi connectivity index (χ3v) is 5.33. The predicted molar refractivity (Wildman–Crippen MR) is 120 cm³/mol. The Balaban J connectivity index is 1.84. The van der Waals surface area contributed by atoms with Crippen LogP contribution in [-0.2, 0) is 11.3 Å². The standard InChI is InChI=1S/C24H20ClN3O2/c1-15(29)28-14-22-16(7-8-17-9-11-18(25)13-23(17)28)10-12-21(27-22)19-5-3-4-6-20(19)24(30)26-2/h3-13H,14H2,1-2H3,(H,26,30)/b8-7-. The van der Waals surface area contributed by atoms with Crippen LogP contribution in [0.3, 0.4) is 0 Å². The second kappa shape index (κ2) is 8.13. The average Bonchev–Trinajstić information content (AvgIpc) is 2.74. The fraction of sp³-hybridized carbons (Fsp3) is 0.125. The van der Waals surface area contributed by atoms with Crippen molar-refractivity contribution in [3.05, 3.63) is 82.0 Å². The highest BCUT2D eigenvalue weighted by molar-refractivity contribution is 6.31. The number of anilines is 1. The van der Waals surface area contributed by atoms with Gasteiger partial charge in [0.2, 0.25) is 5.91 Å². The van der Waals surface area contributed by atoms with E-state index in [4.69, 9.17) is 16.6 Å². The first kappa shape index (κ1) is 19.9. The number of pyridine rings is 1. The van der Waals surface area contributed by atoms with E-state index in [-0.39, 0.29) is 11.8 Å². The van der Waals surface area contributed by atoms with Crippen molar-refractivity contribution in [3.63, 3.8) is 0 Å². The Morgan fingerprint density at radius 1 is 1.03 bits per heavy atom. The first-order valence-corrected chi connectivity index (χ1v) is 9.93. The van der Waals surface area contributed by atoms with Crippen LogP contribution in [0.2, 0.25) is 5.02 Å². The Bertz CT molecular complexity index is 1190. The number of hydrogen-bond acceptors (Lipinski definition) is 3. The SMILES string of the molecule is CNC(=O)c1ccccc1-c1ccc2c(n1)CN(C(C)=O)c1cc(Cl)ccc1/C=C\2. The molecule has 0 saturated carbocycles. The lowest BCUT2D eigenvalue weighted by Crippen LogP contribution is -2.30. The first-order chi connectivity index (χ1) is 14.5. The minimum atomic E-state index is -0.173. The van der Waals surface area contributed by atoms with E-state index in [1.807, 2.05) is 54.6 Å². The van der Waals surface area contributed by atoms with Crippen molar-refractivity contribution in [1.82, 2.24) is 10.3 Å². The molecular formula is C24H20ClN3O2. The maximum atomic E-state index is 12.5. The van der Waals surface area contributed by atoms with Gasteiger partial charge in [-0.2, -0.15) is 0 Å². The molecule has 0 spiro atoms. The van der Waals surface area contributed by atoms with E-state index in [0.29, 0.717) is 22.8 Å². The molecule has 0 saturated heterocycles. The fourth-order valence-electron chi connectivity index (χ4n) is 3.57. The lowest BCUT2D eigenvalue weighted by molar-refractivity contribution is -0.116. The summed E-state index contributed by atoms with van der Waals surface area (Å²) in [6.45, 7) is 1.83. The molecule has 0 aliphatic carbocycles. The number of rotatable bonds is 2. The van der Waals surface area contributed by atoms with Gasteiger partial charge in [0, 0.05) is 30.1 Å². The van der Waals surface area contributed by atoms with Crippen LogP contribution in [0.1, 0.15) is 34.1 Å². The van der Waals surface area contributed by atoms with Crippen molar-refractivity contribution < 1.29 is 9.59 Å². The Kier molecular flexibility index (Phi) is 5.38. The molecule has 6 heteroatoms. The summed E-state index contributed by atoms with van der Waals surface area (Å²) in [5.74, 6) is -0.272. The highest BCUT2D eigenvalue weighted by Gasteiger charge is 2.21. The van der Waals surface area contributed by atoms with E-state index in [0.717, 1.165) is 28.1 Å². The molecule has 4 rings (SSSR count). The van der Waals surface area contributed by atoms with Crippen LogP contribution in [0.4, 0.5) is 5.69 Å². The van der Waals surface area contributed by atoms with Crippen molar-refractivity contribution in [2.75, 3.05) is 11.9 Å². The van der Waals surface area contributed by atoms with E-state index in [1.54, 1.807) is 24.1 Å². The number of benzene rings is 2. The number of amides is 2. The van der Waals surface area contributed by atoms with Crippen molar-refractivity contribution in [3.8, 4) is 11.3 Å². The van der Waals surface area contributed by atoms with Crippen LogP contribution < -0.4 is 10.2 Å². The molecule has 2 amide bonds. The Hall–Kier alpha value is -3.44. The van der Waals surface area contributed by atoms with Crippen molar-refractivity contribution >= 4 is 41.3 Å². The van der Waals surface area contributed by atoms with Gasteiger partial charge in [-0.1, -0.05) is 54.1 Å². The highest BCUT2D eigenvalue weighted by Crippen LogP contribution is 2.32. The predicted octanol–water partition coefficient (Wildman–Crippen LogP) is 4.80. The van der Waals surface area contributed by atoms with E-state index in [1.165, 1.54) is 6.92 Å². The second-order valence-corrected chi connectivity index (χ2v) is 7.44. The number of carbonyl (C=O) groups is 2. The smallest absolute Gasteiger partial charge is 0.251 e. The number of aromatic nitrogens is 1. The molecule has 0 radical (unpaired) electrons. The molecule has 0 unspecified atom stereocenters. The zero-order valence-electron chi connectivity index (χ0n) is 16.6. The third-order valence-electron chi connectivity index (χ3n) is 5.10. The van der Waals surface area contributed by atoms with Crippen LogP contribution in [0.15, 0.2) is 54.6 Å². The molecule has 3 aromatic rings. The molecule has 0 fully saturated rings. The number of halogens is 1. The normalized spacial score (nSPS) is 13.5. The number of hydrogen-bond donors (Lipinski definition) is 1. The van der Waals surface area contributed by atoms with Gasteiger partial charge in [-0.05, 0) is 35.4 Å². The van der Waals surface area contributed by atoms with Gasteiger partial charge in [0.05, 0.1) is 23.6 Å². The lowest BCUT2D eigenvalue weighted by Gasteiger charge is -2.26. The largest absolute Gasteiger partial charge is 0.355 e. The molecule has 0 bridgehead atoms. The summed E-state index contributed by atoms with van der Waals surface area (Å²) in [4.78, 5) is 31.3. The quantitative estimate of drug-likeness (QED) is 0.651. The van der Waals surface area contributed by atoms with Crippen LogP contribution in [0, 0.1) is 0 Å². The average molecular weight is 418 g/mol. The molecule has 5 nitrogen and oxygen atoms in total. The number of fused-ring (bicyclic) bond motifs is 2. The Morgan fingerprint density at radius 2 is 1.77 bits per heavy atom. The Labute approximate surface area is 180 Å². The van der Waals surface area contributed by atoms with Gasteiger partial charge in [0.1, 0.15) is 0 Å². The maximum absolute atomic E-state index is 12.5. The van der Waals surface area contributed by atoms with Crippen LogP contribution in [0.25, 0.3) is 23.4 Å². The molecule has 2 aromatic carbocycles. The van der Waals surface area contributed by atoms with Gasteiger partial charge in [-0.15, -0.1) is 0 Å². The zero-order valence-corrected chi connectivity index (χ0v) is 17.4. The minimum absolute atomic E-state index is 0.0993. The van der Waals surface area contributed by atoms with E-state index in [9.17, 15) is 9.59 Å². The Morgan fingerprint density at radius 3 is 2.53 bits per heavy atom. The molecular weight excluding hydrogens is 398 g/mol. The van der Waals surface area contributed by atoms with Gasteiger partial charge in [0.25, 0.3) is 5.91 Å². The summed E-state index contributed by atoms with van der Waals surface area (Å²) in [6, 6.07) is 16.7. The molecule has 1 N–H and O–H groups in total. The number of carbonyl (C=O) groups excluding carboxylic acids is 2. The summed E-state index contributed by atoms with van der Waals surface area (Å²) in [7, 11) is 1.60. The molecule has 1 aliphatic rings. The van der Waals surface area contributed by atoms with Crippen molar-refractivity contribution in [1.29, 1.82) is 0 Å². The number of nitrogens with one attached hydrogen (secondary N) is 1. The summed E-state index contributed by atoms with van der Waals surface area (Å²) >= 11 is 6.19. The van der Waals surface area contributed by atoms with Crippen LogP contribution >= 0.6 is 11.6 Å². The molecule has 0 atom stereocenters. The van der Waals surface area contributed by atoms with Gasteiger partial charge < -0.3 is 10.2 Å². The monoisotopic (exact) mass is 417 g/mol. The molecule has 2 heterocycles. The van der Waals surface area contributed by atoms with Gasteiger partial charge in [-0.3, -0.25) is 14.6 Å². The fourth-order valence-corrected chi connectivity index (χ4v) is 3.73. The van der Waals surface area contributed by atoms with Gasteiger partial charge in [-0.25, -0.2) is 0 Å². The second-order valence-electron chi connectivity index (χ2n) is 7.00. The summed E-state index contributed by atoms with van der Waals surface area (Å²) in [6.07, 6.45) is 3.94. The van der Waals surface area contributed by atoms with E-state index in [2.05, 4.69) is 5.32 Å². The van der Waals surface area contributed by atoms with Gasteiger partial charge in [0.15, 0.2) is 0 Å². The van der Waals surface area contributed by atoms with E-state index < -0.39 is 0 Å². The van der Waals surface area contributed by atoms with Crippen LogP contribution in [-0.4, -0.2) is 23.8 Å². The van der Waals surface area contributed by atoms with Crippen molar-refractivity contribution in [2.24, 2.45) is 0 Å². The highest BCUT2D eigenvalue weighted by atomic mass is 35.5. The van der Waals surface area contributed by atoms with E-state index >= 15 is 0 Å². The molecule has 1 aromatic heterocycles. The third kappa shape index (κ3) is 3.72. The maximum Gasteiger partial charge on any atom is 0.251 e. The summed E-state index contributed by atoms with van der Waals surface area (Å²) in [5.41, 5.74) is 5.29. The van der Waals surface area contributed by atoms with Crippen LogP contribution in [0.5, 0.6) is 0 Å². The first-order valence-electron chi connectivity index (χ1n) is 9.55. The lowest BCUT2D eigenvalue weighted by atomic mass is 10.0. The molecule has 150 valence electrons. The summed E-state index contributed by atoms with van der Waals surface area (Å²) < 4.78 is 0. The number of nitrogens with zero attached hydrogens (tertiary/aromatic N) is 2.